The van der Waals surface area contributed by atoms with Crippen molar-refractivity contribution in [1.82, 2.24) is 5.32 Å². The average Bonchev–Trinajstić information content (AvgIpc) is 2.59. The zero-order chi connectivity index (χ0) is 19.2. The Hall–Kier alpha value is -2.62. The number of carbonyl (C=O) groups is 2. The van der Waals surface area contributed by atoms with Crippen LogP contribution in [0.3, 0.4) is 0 Å². The van der Waals surface area contributed by atoms with Crippen LogP contribution in [0.5, 0.6) is 5.75 Å². The molecular formula is C19H21F2NO4. The third kappa shape index (κ3) is 4.94. The van der Waals surface area contributed by atoms with E-state index in [1.807, 2.05) is 0 Å². The molecule has 1 amide bonds. The Labute approximate surface area is 151 Å². The molecule has 26 heavy (non-hydrogen) atoms. The van der Waals surface area contributed by atoms with Crippen LogP contribution >= 0.6 is 0 Å². The second-order valence-corrected chi connectivity index (χ2v) is 6.28. The fourth-order valence-electron chi connectivity index (χ4n) is 3.10. The molecular weight excluding hydrogens is 344 g/mol. The summed E-state index contributed by atoms with van der Waals surface area (Å²) in [5.74, 6) is -1.63. The Morgan fingerprint density at radius 2 is 1.85 bits per heavy atom. The zero-order valence-electron chi connectivity index (χ0n) is 14.6. The minimum absolute atomic E-state index is 0.0873. The van der Waals surface area contributed by atoms with E-state index < -0.39 is 34.9 Å². The Morgan fingerprint density at radius 3 is 2.38 bits per heavy atom. The molecule has 0 radical (unpaired) electrons. The molecule has 140 valence electrons. The Kier molecular flexibility index (Phi) is 6.56. The third-order valence-electron chi connectivity index (χ3n) is 4.26. The van der Waals surface area contributed by atoms with E-state index in [9.17, 15) is 18.4 Å². The summed E-state index contributed by atoms with van der Waals surface area (Å²) in [4.78, 5) is 23.7. The fraction of sp³-hybridized carbons (Fsp3) is 0.474. The van der Waals surface area contributed by atoms with Crippen LogP contribution in [0.15, 0.2) is 12.1 Å². The number of carbonyl (C=O) groups excluding carboxylic acids is 2. The number of esters is 1. The van der Waals surface area contributed by atoms with Crippen LogP contribution in [0.25, 0.3) is 0 Å². The van der Waals surface area contributed by atoms with Gasteiger partial charge in [-0.25, -0.2) is 8.78 Å². The molecule has 0 aliphatic heterocycles. The van der Waals surface area contributed by atoms with Crippen molar-refractivity contribution >= 4 is 11.9 Å². The largest absolute Gasteiger partial charge is 0.475 e. The molecule has 1 N–H and O–H groups in total. The van der Waals surface area contributed by atoms with Crippen molar-refractivity contribution in [2.45, 2.75) is 44.6 Å². The van der Waals surface area contributed by atoms with Gasteiger partial charge in [0.15, 0.2) is 17.4 Å². The Bertz CT molecular complexity index is 698. The quantitative estimate of drug-likeness (QED) is 0.622. The van der Waals surface area contributed by atoms with Gasteiger partial charge >= 0.3 is 5.97 Å². The molecule has 1 aromatic carbocycles. The normalized spacial score (nSPS) is 15.6. The van der Waals surface area contributed by atoms with Gasteiger partial charge in [-0.05, 0) is 37.8 Å². The van der Waals surface area contributed by atoms with Crippen molar-refractivity contribution in [3.63, 3.8) is 0 Å². The minimum atomic E-state index is -1.02. The number of halogens is 2. The molecule has 1 aliphatic carbocycles. The standard InChI is InChI=1S/C19H21F2NO4/c1-3-9-25-17-15(20)10-14(11-16(17)21)18(24)22-12-19(26-13(2)23)7-5-4-6-8-19/h1,10-11H,4-9,12H2,2H3,(H,22,24). The molecule has 1 aliphatic rings. The van der Waals surface area contributed by atoms with Gasteiger partial charge in [0, 0.05) is 12.5 Å². The number of hydrogen-bond acceptors (Lipinski definition) is 4. The van der Waals surface area contributed by atoms with E-state index in [4.69, 9.17) is 15.9 Å². The molecule has 2 rings (SSSR count). The van der Waals surface area contributed by atoms with E-state index in [1.54, 1.807) is 0 Å². The molecule has 0 atom stereocenters. The number of ether oxygens (including phenoxy) is 2. The molecule has 0 bridgehead atoms. The second-order valence-electron chi connectivity index (χ2n) is 6.28. The SMILES string of the molecule is C#CCOc1c(F)cc(C(=O)NCC2(OC(C)=O)CCCCC2)cc1F. The van der Waals surface area contributed by atoms with Crippen LogP contribution < -0.4 is 10.1 Å². The lowest BCUT2D eigenvalue weighted by Crippen LogP contribution is -2.47. The van der Waals surface area contributed by atoms with Gasteiger partial charge in [-0.2, -0.15) is 0 Å². The van der Waals surface area contributed by atoms with Gasteiger partial charge in [0.05, 0.1) is 6.54 Å². The van der Waals surface area contributed by atoms with Crippen LogP contribution in [0.2, 0.25) is 0 Å². The number of benzene rings is 1. The number of nitrogens with one attached hydrogen (secondary N) is 1. The van der Waals surface area contributed by atoms with E-state index >= 15 is 0 Å². The first-order valence-corrected chi connectivity index (χ1v) is 8.40. The molecule has 0 heterocycles. The topological polar surface area (TPSA) is 64.6 Å². The fourth-order valence-corrected chi connectivity index (χ4v) is 3.10. The van der Waals surface area contributed by atoms with Crippen molar-refractivity contribution < 1.29 is 27.8 Å². The highest BCUT2D eigenvalue weighted by Crippen LogP contribution is 2.31. The van der Waals surface area contributed by atoms with E-state index in [2.05, 4.69) is 11.2 Å². The maximum atomic E-state index is 14.0. The third-order valence-corrected chi connectivity index (χ3v) is 4.26. The summed E-state index contributed by atoms with van der Waals surface area (Å²) in [7, 11) is 0. The first kappa shape index (κ1) is 19.7. The highest BCUT2D eigenvalue weighted by molar-refractivity contribution is 5.94. The van der Waals surface area contributed by atoms with Gasteiger partial charge in [0.2, 0.25) is 0 Å². The van der Waals surface area contributed by atoms with Crippen LogP contribution in [0, 0.1) is 24.0 Å². The van der Waals surface area contributed by atoms with Crippen molar-refractivity contribution in [3.8, 4) is 18.1 Å². The highest BCUT2D eigenvalue weighted by atomic mass is 19.1. The van der Waals surface area contributed by atoms with Crippen LogP contribution in [0.1, 0.15) is 49.4 Å². The van der Waals surface area contributed by atoms with Crippen molar-refractivity contribution in [2.24, 2.45) is 0 Å². The highest BCUT2D eigenvalue weighted by Gasteiger charge is 2.35. The summed E-state index contributed by atoms with van der Waals surface area (Å²) in [5, 5.41) is 2.61. The predicted octanol–water partition coefficient (Wildman–Crippen LogP) is 2.97. The van der Waals surface area contributed by atoms with Gasteiger partial charge < -0.3 is 14.8 Å². The van der Waals surface area contributed by atoms with Crippen LogP contribution in [-0.4, -0.2) is 30.6 Å². The number of rotatable bonds is 6. The summed E-state index contributed by atoms with van der Waals surface area (Å²) < 4.78 is 38.1. The van der Waals surface area contributed by atoms with Crippen molar-refractivity contribution in [2.75, 3.05) is 13.2 Å². The molecule has 0 saturated heterocycles. The lowest BCUT2D eigenvalue weighted by atomic mass is 9.84. The van der Waals surface area contributed by atoms with Gasteiger partial charge in [-0.15, -0.1) is 6.42 Å². The first-order chi connectivity index (χ1) is 12.4. The lowest BCUT2D eigenvalue weighted by molar-refractivity contribution is -0.159. The van der Waals surface area contributed by atoms with Crippen LogP contribution in [0.4, 0.5) is 8.78 Å². The Balaban J connectivity index is 2.09. The van der Waals surface area contributed by atoms with E-state index in [0.717, 1.165) is 31.4 Å². The second kappa shape index (κ2) is 8.65. The molecule has 1 aromatic rings. The van der Waals surface area contributed by atoms with Gasteiger partial charge in [0.1, 0.15) is 12.2 Å². The summed E-state index contributed by atoms with van der Waals surface area (Å²) in [6, 6.07) is 1.76. The van der Waals surface area contributed by atoms with Gasteiger partial charge in [-0.3, -0.25) is 9.59 Å². The van der Waals surface area contributed by atoms with E-state index in [0.29, 0.717) is 12.8 Å². The first-order valence-electron chi connectivity index (χ1n) is 8.40. The molecule has 1 fully saturated rings. The molecule has 0 aromatic heterocycles. The van der Waals surface area contributed by atoms with E-state index in [-0.39, 0.29) is 18.7 Å². The van der Waals surface area contributed by atoms with Crippen LogP contribution in [-0.2, 0) is 9.53 Å². The number of hydrogen-bond donors (Lipinski definition) is 1. The van der Waals surface area contributed by atoms with Gasteiger partial charge in [0.25, 0.3) is 5.91 Å². The smallest absolute Gasteiger partial charge is 0.303 e. The van der Waals surface area contributed by atoms with Gasteiger partial charge in [-0.1, -0.05) is 12.3 Å². The molecule has 7 heteroatoms. The van der Waals surface area contributed by atoms with E-state index in [1.165, 1.54) is 6.92 Å². The number of amides is 1. The molecule has 5 nitrogen and oxygen atoms in total. The summed E-state index contributed by atoms with van der Waals surface area (Å²) >= 11 is 0. The van der Waals surface area contributed by atoms with Crippen molar-refractivity contribution in [3.05, 3.63) is 29.3 Å². The minimum Gasteiger partial charge on any atom is -0.475 e. The molecule has 0 unspecified atom stereocenters. The zero-order valence-corrected chi connectivity index (χ0v) is 14.6. The summed E-state index contributed by atoms with van der Waals surface area (Å²) in [5.41, 5.74) is -0.964. The summed E-state index contributed by atoms with van der Waals surface area (Å²) in [6.45, 7) is 1.12. The van der Waals surface area contributed by atoms with Crippen molar-refractivity contribution in [1.29, 1.82) is 0 Å². The molecule has 0 spiro atoms. The predicted molar refractivity (Wildman–Crippen MR) is 90.6 cm³/mol. The maximum Gasteiger partial charge on any atom is 0.303 e. The lowest BCUT2D eigenvalue weighted by Gasteiger charge is -2.36. The monoisotopic (exact) mass is 365 g/mol. The summed E-state index contributed by atoms with van der Waals surface area (Å²) in [6.07, 6.45) is 9.06. The Morgan fingerprint density at radius 1 is 1.23 bits per heavy atom. The molecule has 1 saturated carbocycles. The number of terminal acetylenes is 1. The maximum absolute atomic E-state index is 14.0. The average molecular weight is 365 g/mol.